The molecule has 0 saturated heterocycles. The van der Waals surface area contributed by atoms with Gasteiger partial charge < -0.3 is 19.3 Å². The normalized spacial score (nSPS) is 15.5. The van der Waals surface area contributed by atoms with Gasteiger partial charge in [-0.1, -0.05) is 23.5 Å². The summed E-state index contributed by atoms with van der Waals surface area (Å²) in [4.78, 5) is 31.7. The number of aromatic hydroxyl groups is 1. The second-order valence-corrected chi connectivity index (χ2v) is 8.51. The summed E-state index contributed by atoms with van der Waals surface area (Å²) >= 11 is 1.20. The molecule has 2 aromatic carbocycles. The molecule has 0 amide bonds. The number of methoxy groups -OCH3 is 2. The zero-order chi connectivity index (χ0) is 24.4. The van der Waals surface area contributed by atoms with Crippen molar-refractivity contribution in [2.24, 2.45) is 4.99 Å². The number of hydrogen-bond donors (Lipinski definition) is 1. The van der Waals surface area contributed by atoms with Crippen LogP contribution in [0.2, 0.25) is 0 Å². The average Bonchev–Trinajstić information content (AvgIpc) is 3.12. The van der Waals surface area contributed by atoms with E-state index in [0.717, 1.165) is 0 Å². The van der Waals surface area contributed by atoms with Crippen molar-refractivity contribution in [1.29, 1.82) is 0 Å². The van der Waals surface area contributed by atoms with Gasteiger partial charge >= 0.3 is 5.97 Å². The van der Waals surface area contributed by atoms with E-state index in [1.54, 1.807) is 69.5 Å². The molecule has 0 aliphatic carbocycles. The molecule has 4 rings (SSSR count). The smallest absolute Gasteiger partial charge is 0.338 e. The van der Waals surface area contributed by atoms with Crippen LogP contribution >= 0.6 is 11.3 Å². The highest BCUT2D eigenvalue weighted by molar-refractivity contribution is 7.07. The first-order chi connectivity index (χ1) is 16.4. The number of thiazole rings is 1. The van der Waals surface area contributed by atoms with Crippen LogP contribution in [-0.4, -0.2) is 36.5 Å². The number of ether oxygens (including phenoxy) is 3. The van der Waals surface area contributed by atoms with Crippen LogP contribution < -0.4 is 24.4 Å². The highest BCUT2D eigenvalue weighted by atomic mass is 32.1. The Balaban J connectivity index is 2.02. The zero-order valence-corrected chi connectivity index (χ0v) is 20.0. The van der Waals surface area contributed by atoms with E-state index in [1.807, 2.05) is 0 Å². The second kappa shape index (κ2) is 9.56. The number of phenolic OH excluding ortho intramolecular Hbond substituents is 1. The Morgan fingerprint density at radius 2 is 2.00 bits per heavy atom. The third-order valence-electron chi connectivity index (χ3n) is 5.42. The van der Waals surface area contributed by atoms with E-state index in [2.05, 4.69) is 4.99 Å². The Hall–Kier alpha value is -3.85. The summed E-state index contributed by atoms with van der Waals surface area (Å²) in [7, 11) is 3.07. The number of nitrogens with zero attached hydrogens (tertiary/aromatic N) is 2. The van der Waals surface area contributed by atoms with Gasteiger partial charge in [-0.15, -0.1) is 0 Å². The van der Waals surface area contributed by atoms with Crippen molar-refractivity contribution in [2.45, 2.75) is 19.9 Å². The van der Waals surface area contributed by atoms with Crippen LogP contribution in [0.15, 0.2) is 63.5 Å². The summed E-state index contributed by atoms with van der Waals surface area (Å²) < 4.78 is 18.2. The van der Waals surface area contributed by atoms with Crippen LogP contribution in [0.3, 0.4) is 0 Å². The van der Waals surface area contributed by atoms with Crippen molar-refractivity contribution < 1.29 is 24.1 Å². The van der Waals surface area contributed by atoms with E-state index >= 15 is 0 Å². The number of fused-ring (bicyclic) bond motifs is 1. The van der Waals surface area contributed by atoms with E-state index in [9.17, 15) is 14.7 Å². The van der Waals surface area contributed by atoms with Gasteiger partial charge in [-0.2, -0.15) is 0 Å². The van der Waals surface area contributed by atoms with E-state index < -0.39 is 12.0 Å². The lowest BCUT2D eigenvalue weighted by Gasteiger charge is -2.26. The molecule has 1 aromatic heterocycles. The molecular weight excluding hydrogens is 456 g/mol. The average molecular weight is 481 g/mol. The van der Waals surface area contributed by atoms with Crippen molar-refractivity contribution in [3.8, 4) is 17.2 Å². The highest BCUT2D eigenvalue weighted by Gasteiger charge is 2.35. The fourth-order valence-corrected chi connectivity index (χ4v) is 4.95. The molecule has 0 fully saturated rings. The van der Waals surface area contributed by atoms with Crippen molar-refractivity contribution in [1.82, 2.24) is 4.57 Å². The Labute approximate surface area is 199 Å². The van der Waals surface area contributed by atoms with Crippen molar-refractivity contribution >= 4 is 23.4 Å². The van der Waals surface area contributed by atoms with E-state index in [-0.39, 0.29) is 23.5 Å². The highest BCUT2D eigenvalue weighted by Crippen LogP contribution is 2.37. The van der Waals surface area contributed by atoms with Gasteiger partial charge in [-0.25, -0.2) is 9.79 Å². The molecule has 176 valence electrons. The molecule has 0 spiro atoms. The first-order valence-corrected chi connectivity index (χ1v) is 11.4. The Kier molecular flexibility index (Phi) is 6.56. The van der Waals surface area contributed by atoms with Crippen molar-refractivity contribution in [3.05, 3.63) is 84.5 Å². The third-order valence-corrected chi connectivity index (χ3v) is 6.40. The first-order valence-electron chi connectivity index (χ1n) is 10.6. The van der Waals surface area contributed by atoms with Gasteiger partial charge in [0.15, 0.2) is 4.80 Å². The molecule has 3 aromatic rings. The SMILES string of the molecule is CCOC(=O)C1=C(C)N=c2s/c(=C\c3cccc(O)c3)c(=O)n2C1c1cc(OC)ccc1OC. The number of allylic oxidation sites excluding steroid dienone is 1. The first kappa shape index (κ1) is 23.3. The van der Waals surface area contributed by atoms with Gasteiger partial charge in [-0.05, 0) is 55.8 Å². The van der Waals surface area contributed by atoms with E-state index in [4.69, 9.17) is 14.2 Å². The predicted octanol–water partition coefficient (Wildman–Crippen LogP) is 2.52. The lowest BCUT2D eigenvalue weighted by molar-refractivity contribution is -0.139. The Morgan fingerprint density at radius 3 is 2.68 bits per heavy atom. The van der Waals surface area contributed by atoms with Gasteiger partial charge in [0.25, 0.3) is 5.56 Å². The second-order valence-electron chi connectivity index (χ2n) is 7.51. The minimum absolute atomic E-state index is 0.0981. The maximum Gasteiger partial charge on any atom is 0.338 e. The van der Waals surface area contributed by atoms with Gasteiger partial charge in [0.05, 0.1) is 36.6 Å². The van der Waals surface area contributed by atoms with Crippen LogP contribution in [0, 0.1) is 0 Å². The summed E-state index contributed by atoms with van der Waals surface area (Å²) in [5.41, 5.74) is 1.63. The number of phenols is 1. The number of aromatic nitrogens is 1. The van der Waals surface area contributed by atoms with Crippen LogP contribution in [0.25, 0.3) is 6.08 Å². The van der Waals surface area contributed by atoms with Crippen LogP contribution in [-0.2, 0) is 9.53 Å². The molecule has 1 unspecified atom stereocenters. The van der Waals surface area contributed by atoms with Gasteiger partial charge in [0.2, 0.25) is 0 Å². The number of rotatable bonds is 6. The van der Waals surface area contributed by atoms with Gasteiger partial charge in [0, 0.05) is 5.56 Å². The van der Waals surface area contributed by atoms with Crippen LogP contribution in [0.1, 0.15) is 31.0 Å². The quantitative estimate of drug-likeness (QED) is 0.545. The summed E-state index contributed by atoms with van der Waals surface area (Å²) in [5.74, 6) is 0.585. The minimum atomic E-state index is -0.827. The fourth-order valence-electron chi connectivity index (χ4n) is 3.90. The van der Waals surface area contributed by atoms with E-state index in [1.165, 1.54) is 23.0 Å². The standard InChI is InChI=1S/C25H24N2O6S/c1-5-33-24(30)21-14(2)26-25-27(22(21)18-13-17(31-3)9-10-19(18)32-4)23(29)20(34-25)12-15-7-6-8-16(28)11-15/h6-13,22,28H,5H2,1-4H3/b20-12-. The largest absolute Gasteiger partial charge is 0.508 e. The zero-order valence-electron chi connectivity index (χ0n) is 19.2. The molecule has 34 heavy (non-hydrogen) atoms. The molecule has 2 heterocycles. The van der Waals surface area contributed by atoms with Crippen LogP contribution in [0.4, 0.5) is 0 Å². The Bertz CT molecular complexity index is 1470. The molecule has 9 heteroatoms. The number of esters is 1. The minimum Gasteiger partial charge on any atom is -0.508 e. The monoisotopic (exact) mass is 480 g/mol. The third kappa shape index (κ3) is 4.22. The molecule has 1 N–H and O–H groups in total. The van der Waals surface area contributed by atoms with Crippen molar-refractivity contribution in [2.75, 3.05) is 20.8 Å². The lowest BCUT2D eigenvalue weighted by Crippen LogP contribution is -2.40. The lowest BCUT2D eigenvalue weighted by atomic mass is 9.94. The molecule has 1 atom stereocenters. The Morgan fingerprint density at radius 1 is 1.21 bits per heavy atom. The van der Waals surface area contributed by atoms with Gasteiger partial charge in [-0.3, -0.25) is 9.36 Å². The number of carbonyl (C=O) groups excluding carboxylic acids is 1. The number of hydrogen-bond acceptors (Lipinski definition) is 8. The molecule has 0 radical (unpaired) electrons. The summed E-state index contributed by atoms with van der Waals surface area (Å²) in [6.45, 7) is 3.62. The fraction of sp³-hybridized carbons (Fsp3) is 0.240. The summed E-state index contributed by atoms with van der Waals surface area (Å²) in [6.07, 6.45) is 1.69. The number of carbonyl (C=O) groups is 1. The molecule has 1 aliphatic heterocycles. The van der Waals surface area contributed by atoms with Crippen LogP contribution in [0.5, 0.6) is 17.2 Å². The molecule has 1 aliphatic rings. The maximum atomic E-state index is 13.6. The predicted molar refractivity (Wildman–Crippen MR) is 128 cm³/mol. The van der Waals surface area contributed by atoms with E-state index in [0.29, 0.717) is 37.7 Å². The molecule has 0 saturated carbocycles. The topological polar surface area (TPSA) is 99.4 Å². The van der Waals surface area contributed by atoms with Crippen molar-refractivity contribution in [3.63, 3.8) is 0 Å². The van der Waals surface area contributed by atoms with Gasteiger partial charge in [0.1, 0.15) is 23.3 Å². The molecule has 8 nitrogen and oxygen atoms in total. The maximum absolute atomic E-state index is 13.6. The molecular formula is C25H24N2O6S. The summed E-state index contributed by atoms with van der Waals surface area (Å²) in [5, 5.41) is 9.80. The molecule has 0 bridgehead atoms. The number of benzene rings is 2. The summed E-state index contributed by atoms with van der Waals surface area (Å²) in [6, 6.07) is 11.0.